The summed E-state index contributed by atoms with van der Waals surface area (Å²) in [7, 11) is 0. The maximum Gasteiger partial charge on any atom is 0.0277 e. The fraction of sp³-hybridized carbons (Fsp3) is 0.250. The molecule has 94 valence electrons. The number of benzene rings is 2. The van der Waals surface area contributed by atoms with Crippen LogP contribution in [0.5, 0.6) is 0 Å². The first-order chi connectivity index (χ1) is 8.70. The van der Waals surface area contributed by atoms with Crippen molar-refractivity contribution >= 4 is 11.8 Å². The van der Waals surface area contributed by atoms with Crippen molar-refractivity contribution < 1.29 is 0 Å². The summed E-state index contributed by atoms with van der Waals surface area (Å²) in [5, 5.41) is 0. The number of hydrogen-bond donors (Lipinski definition) is 1. The molecule has 2 aromatic rings. The molecule has 1 atom stereocenters. The zero-order valence-corrected chi connectivity index (χ0v) is 11.7. The largest absolute Gasteiger partial charge is 0.324 e. The van der Waals surface area contributed by atoms with E-state index in [0.717, 1.165) is 6.42 Å². The third-order valence-corrected chi connectivity index (χ3v) is 3.85. The summed E-state index contributed by atoms with van der Waals surface area (Å²) in [5.74, 6) is 0. The van der Waals surface area contributed by atoms with Crippen LogP contribution >= 0.6 is 11.8 Å². The van der Waals surface area contributed by atoms with Crippen LogP contribution in [0.4, 0.5) is 0 Å². The number of nitrogens with two attached hydrogens (primary N) is 1. The van der Waals surface area contributed by atoms with Crippen molar-refractivity contribution in [2.45, 2.75) is 24.3 Å². The lowest BCUT2D eigenvalue weighted by molar-refractivity contribution is 0.795. The van der Waals surface area contributed by atoms with Gasteiger partial charge >= 0.3 is 0 Å². The van der Waals surface area contributed by atoms with Crippen LogP contribution in [-0.4, -0.2) is 6.26 Å². The average Bonchev–Trinajstić information content (AvgIpc) is 2.40. The lowest BCUT2D eigenvalue weighted by Crippen LogP contribution is -2.07. The Hall–Kier alpha value is -1.25. The Morgan fingerprint density at radius 2 is 1.78 bits per heavy atom. The molecule has 0 aliphatic heterocycles. The zero-order chi connectivity index (χ0) is 13.0. The van der Waals surface area contributed by atoms with E-state index >= 15 is 0 Å². The lowest BCUT2D eigenvalue weighted by atomic mass is 10.0. The van der Waals surface area contributed by atoms with Gasteiger partial charge in [-0.15, -0.1) is 11.8 Å². The minimum atomic E-state index is 0.0863. The maximum atomic E-state index is 6.04. The average molecular weight is 257 g/mol. The SMILES string of the molecule is CSc1ccc(Cc2ccccc2)cc1C(C)N. The predicted molar refractivity (Wildman–Crippen MR) is 80.1 cm³/mol. The molecule has 2 heteroatoms. The Balaban J connectivity index is 2.27. The van der Waals surface area contributed by atoms with Crippen LogP contribution in [0.25, 0.3) is 0 Å². The summed E-state index contributed by atoms with van der Waals surface area (Å²) in [6, 6.07) is 17.2. The van der Waals surface area contributed by atoms with Gasteiger partial charge in [0, 0.05) is 10.9 Å². The van der Waals surface area contributed by atoms with Gasteiger partial charge in [-0.25, -0.2) is 0 Å². The molecule has 0 aliphatic carbocycles. The van der Waals surface area contributed by atoms with Crippen LogP contribution in [0.15, 0.2) is 53.4 Å². The Labute approximate surface area is 113 Å². The van der Waals surface area contributed by atoms with Crippen LogP contribution < -0.4 is 5.73 Å². The summed E-state index contributed by atoms with van der Waals surface area (Å²) >= 11 is 1.76. The van der Waals surface area contributed by atoms with Gasteiger partial charge in [0.25, 0.3) is 0 Å². The fourth-order valence-corrected chi connectivity index (χ4v) is 2.77. The first-order valence-corrected chi connectivity index (χ1v) is 7.39. The molecule has 0 saturated heterocycles. The molecule has 1 unspecified atom stereocenters. The van der Waals surface area contributed by atoms with Crippen LogP contribution in [0.1, 0.15) is 29.7 Å². The highest BCUT2D eigenvalue weighted by molar-refractivity contribution is 7.98. The van der Waals surface area contributed by atoms with Gasteiger partial charge in [0.05, 0.1) is 0 Å². The summed E-state index contributed by atoms with van der Waals surface area (Å²) in [4.78, 5) is 1.28. The maximum absolute atomic E-state index is 6.04. The minimum Gasteiger partial charge on any atom is -0.324 e. The zero-order valence-electron chi connectivity index (χ0n) is 10.9. The number of rotatable bonds is 4. The van der Waals surface area contributed by atoms with Gasteiger partial charge in [-0.1, -0.05) is 42.5 Å². The first-order valence-electron chi connectivity index (χ1n) is 6.17. The molecule has 0 aromatic heterocycles. The molecule has 0 fully saturated rings. The molecule has 1 nitrogen and oxygen atoms in total. The first kappa shape index (κ1) is 13.2. The summed E-state index contributed by atoms with van der Waals surface area (Å²) in [6.45, 7) is 2.04. The molecule has 0 radical (unpaired) electrons. The van der Waals surface area contributed by atoms with Crippen molar-refractivity contribution in [3.8, 4) is 0 Å². The van der Waals surface area contributed by atoms with E-state index < -0.39 is 0 Å². The van der Waals surface area contributed by atoms with Gasteiger partial charge in [-0.3, -0.25) is 0 Å². The molecule has 0 heterocycles. The van der Waals surface area contributed by atoms with Crippen molar-refractivity contribution in [1.82, 2.24) is 0 Å². The van der Waals surface area contributed by atoms with Crippen LogP contribution in [0.2, 0.25) is 0 Å². The number of thioether (sulfide) groups is 1. The van der Waals surface area contributed by atoms with E-state index in [-0.39, 0.29) is 6.04 Å². The van der Waals surface area contributed by atoms with Crippen molar-refractivity contribution in [3.63, 3.8) is 0 Å². The molecule has 2 aromatic carbocycles. The van der Waals surface area contributed by atoms with Gasteiger partial charge in [-0.05, 0) is 42.4 Å². The quantitative estimate of drug-likeness (QED) is 0.837. The van der Waals surface area contributed by atoms with Crippen molar-refractivity contribution in [1.29, 1.82) is 0 Å². The van der Waals surface area contributed by atoms with E-state index in [1.165, 1.54) is 21.6 Å². The van der Waals surface area contributed by atoms with Gasteiger partial charge in [-0.2, -0.15) is 0 Å². The molecule has 0 aliphatic rings. The van der Waals surface area contributed by atoms with E-state index in [1.807, 2.05) is 13.0 Å². The minimum absolute atomic E-state index is 0.0863. The topological polar surface area (TPSA) is 26.0 Å². The fourth-order valence-electron chi connectivity index (χ4n) is 2.08. The second-order valence-corrected chi connectivity index (χ2v) is 5.38. The van der Waals surface area contributed by atoms with E-state index in [2.05, 4.69) is 48.7 Å². The van der Waals surface area contributed by atoms with Gasteiger partial charge < -0.3 is 5.73 Å². The molecule has 18 heavy (non-hydrogen) atoms. The normalized spacial score (nSPS) is 12.4. The van der Waals surface area contributed by atoms with E-state index in [1.54, 1.807) is 11.8 Å². The molecule has 0 saturated carbocycles. The molecule has 2 N–H and O–H groups in total. The van der Waals surface area contributed by atoms with Gasteiger partial charge in [0.2, 0.25) is 0 Å². The standard InChI is InChI=1S/C16H19NS/c1-12(17)15-11-14(8-9-16(15)18-2)10-13-6-4-3-5-7-13/h3-9,11-12H,10,17H2,1-2H3. The van der Waals surface area contributed by atoms with Crippen LogP contribution in [-0.2, 0) is 6.42 Å². The van der Waals surface area contributed by atoms with Crippen molar-refractivity contribution in [2.75, 3.05) is 6.26 Å². The number of hydrogen-bond acceptors (Lipinski definition) is 2. The summed E-state index contributed by atoms with van der Waals surface area (Å²) in [6.07, 6.45) is 3.06. The molecular formula is C16H19NS. The highest BCUT2D eigenvalue weighted by Gasteiger charge is 2.07. The summed E-state index contributed by atoms with van der Waals surface area (Å²) < 4.78 is 0. The third kappa shape index (κ3) is 3.15. The second-order valence-electron chi connectivity index (χ2n) is 4.53. The van der Waals surface area contributed by atoms with Crippen molar-refractivity contribution in [3.05, 3.63) is 65.2 Å². The Morgan fingerprint density at radius 1 is 1.06 bits per heavy atom. The van der Waals surface area contributed by atoms with E-state index in [4.69, 9.17) is 5.73 Å². The third-order valence-electron chi connectivity index (χ3n) is 3.04. The van der Waals surface area contributed by atoms with E-state index in [9.17, 15) is 0 Å². The van der Waals surface area contributed by atoms with Gasteiger partial charge in [0.1, 0.15) is 0 Å². The highest BCUT2D eigenvalue weighted by atomic mass is 32.2. The highest BCUT2D eigenvalue weighted by Crippen LogP contribution is 2.26. The summed E-state index contributed by atoms with van der Waals surface area (Å²) in [5.41, 5.74) is 9.95. The monoisotopic (exact) mass is 257 g/mol. The van der Waals surface area contributed by atoms with Crippen LogP contribution in [0.3, 0.4) is 0 Å². The predicted octanol–water partition coefficient (Wildman–Crippen LogP) is 4.02. The molecule has 0 spiro atoms. The molecule has 2 rings (SSSR count). The Kier molecular flexibility index (Phi) is 4.45. The molecule has 0 bridgehead atoms. The van der Waals surface area contributed by atoms with E-state index in [0.29, 0.717) is 0 Å². The Morgan fingerprint density at radius 3 is 2.39 bits per heavy atom. The second kappa shape index (κ2) is 6.07. The van der Waals surface area contributed by atoms with Gasteiger partial charge in [0.15, 0.2) is 0 Å². The molecule has 0 amide bonds. The lowest BCUT2D eigenvalue weighted by Gasteiger charge is -2.13. The Bertz CT molecular complexity index is 506. The van der Waals surface area contributed by atoms with Crippen LogP contribution in [0, 0.1) is 0 Å². The van der Waals surface area contributed by atoms with Crippen molar-refractivity contribution in [2.24, 2.45) is 5.73 Å². The molecular weight excluding hydrogens is 238 g/mol. The smallest absolute Gasteiger partial charge is 0.0277 e.